The van der Waals surface area contributed by atoms with Crippen LogP contribution in [0.5, 0.6) is 0 Å². The first-order valence-corrected chi connectivity index (χ1v) is 7.83. The second-order valence-electron chi connectivity index (χ2n) is 4.51. The minimum atomic E-state index is -0.342. The number of carbonyl (C=O) groups is 1. The van der Waals surface area contributed by atoms with Gasteiger partial charge < -0.3 is 4.90 Å². The normalized spacial score (nSPS) is 19.3. The maximum Gasteiger partial charge on any atom is 0.253 e. The van der Waals surface area contributed by atoms with Crippen molar-refractivity contribution in [2.75, 3.05) is 18.4 Å². The maximum absolute atomic E-state index is 13.1. The van der Waals surface area contributed by atoms with Crippen molar-refractivity contribution in [1.82, 2.24) is 4.90 Å². The van der Waals surface area contributed by atoms with Crippen LogP contribution in [0, 0.1) is 11.7 Å². The summed E-state index contributed by atoms with van der Waals surface area (Å²) in [6, 6.07) is 4.42. The van der Waals surface area contributed by atoms with E-state index in [4.69, 9.17) is 0 Å². The highest BCUT2D eigenvalue weighted by molar-refractivity contribution is 9.10. The number of hydrogen-bond donors (Lipinski definition) is 0. The van der Waals surface area contributed by atoms with Gasteiger partial charge in [-0.15, -0.1) is 0 Å². The maximum atomic E-state index is 13.1. The lowest BCUT2D eigenvalue weighted by atomic mass is 10.1. The lowest BCUT2D eigenvalue weighted by molar-refractivity contribution is 0.0787. The second kappa shape index (κ2) is 6.15. The second-order valence-corrected chi connectivity index (χ2v) is 6.16. The Morgan fingerprint density at radius 2 is 2.28 bits per heavy atom. The molecule has 98 valence electrons. The van der Waals surface area contributed by atoms with Crippen molar-refractivity contribution in [3.05, 3.63) is 34.1 Å². The Bertz CT molecular complexity index is 453. The lowest BCUT2D eigenvalue weighted by Gasteiger charge is -2.16. The number of benzene rings is 1. The van der Waals surface area contributed by atoms with Crippen LogP contribution in [0.2, 0.25) is 0 Å². The minimum absolute atomic E-state index is 0.00669. The average molecular weight is 379 g/mol. The monoisotopic (exact) mass is 377 g/mol. The third-order valence-corrected chi connectivity index (χ3v) is 4.32. The molecule has 0 aliphatic carbocycles. The van der Waals surface area contributed by atoms with Gasteiger partial charge in [0.15, 0.2) is 0 Å². The van der Waals surface area contributed by atoms with Crippen molar-refractivity contribution in [3.8, 4) is 0 Å². The summed E-state index contributed by atoms with van der Waals surface area (Å²) >= 11 is 6.54. The number of rotatable bonds is 3. The molecule has 2 nitrogen and oxygen atoms in total. The molecule has 0 aromatic heterocycles. The van der Waals surface area contributed by atoms with Gasteiger partial charge in [-0.05, 0) is 52.9 Å². The molecule has 0 spiro atoms. The van der Waals surface area contributed by atoms with Gasteiger partial charge in [0, 0.05) is 24.0 Å². The van der Waals surface area contributed by atoms with E-state index in [1.165, 1.54) is 6.07 Å². The molecule has 1 amide bonds. The summed E-state index contributed by atoms with van der Waals surface area (Å²) in [5.74, 6) is 0.232. The molecule has 1 saturated heterocycles. The first-order chi connectivity index (χ1) is 8.61. The summed E-state index contributed by atoms with van der Waals surface area (Å²) in [4.78, 5) is 14.1. The molecule has 0 N–H and O–H groups in total. The van der Waals surface area contributed by atoms with E-state index < -0.39 is 0 Å². The Kier molecular flexibility index (Phi) is 4.78. The van der Waals surface area contributed by atoms with E-state index in [1.54, 1.807) is 12.1 Å². The molecule has 1 aromatic rings. The van der Waals surface area contributed by atoms with Crippen LogP contribution < -0.4 is 0 Å². The largest absolute Gasteiger partial charge is 0.338 e. The number of carbonyl (C=O) groups excluding carboxylic acids is 1. The minimum Gasteiger partial charge on any atom is -0.338 e. The number of likely N-dealkylation sites (tertiary alicyclic amines) is 1. The molecule has 0 bridgehead atoms. The smallest absolute Gasteiger partial charge is 0.253 e. The summed E-state index contributed by atoms with van der Waals surface area (Å²) in [5, 5.41) is 0.974. The van der Waals surface area contributed by atoms with Crippen molar-refractivity contribution < 1.29 is 9.18 Å². The number of amides is 1. The van der Waals surface area contributed by atoms with Crippen LogP contribution in [-0.4, -0.2) is 29.2 Å². The average Bonchev–Trinajstić information content (AvgIpc) is 2.81. The van der Waals surface area contributed by atoms with Gasteiger partial charge in [-0.1, -0.05) is 15.9 Å². The zero-order valence-corrected chi connectivity index (χ0v) is 13.0. The third kappa shape index (κ3) is 3.12. The molecule has 1 atom stereocenters. The van der Waals surface area contributed by atoms with Crippen molar-refractivity contribution >= 4 is 37.8 Å². The Morgan fingerprint density at radius 3 is 2.94 bits per heavy atom. The topological polar surface area (TPSA) is 20.3 Å². The van der Waals surface area contributed by atoms with E-state index in [0.29, 0.717) is 16.0 Å². The molecule has 18 heavy (non-hydrogen) atoms. The van der Waals surface area contributed by atoms with Crippen molar-refractivity contribution in [3.63, 3.8) is 0 Å². The van der Waals surface area contributed by atoms with E-state index in [9.17, 15) is 9.18 Å². The number of halogens is 3. The molecule has 1 heterocycles. The quantitative estimate of drug-likeness (QED) is 0.732. The zero-order valence-electron chi connectivity index (χ0n) is 9.83. The van der Waals surface area contributed by atoms with Gasteiger partial charge in [0.1, 0.15) is 5.82 Å². The Morgan fingerprint density at radius 1 is 1.50 bits per heavy atom. The highest BCUT2D eigenvalue weighted by Crippen LogP contribution is 2.23. The lowest BCUT2D eigenvalue weighted by Crippen LogP contribution is -2.28. The molecule has 1 aromatic carbocycles. The predicted molar refractivity (Wildman–Crippen MR) is 76.5 cm³/mol. The number of alkyl halides is 1. The molecular formula is C13H14Br2FNO. The highest BCUT2D eigenvalue weighted by atomic mass is 79.9. The van der Waals surface area contributed by atoms with Gasteiger partial charge in [-0.25, -0.2) is 4.39 Å². The van der Waals surface area contributed by atoms with Crippen LogP contribution in [0.25, 0.3) is 0 Å². The van der Waals surface area contributed by atoms with Crippen LogP contribution in [0.4, 0.5) is 4.39 Å². The van der Waals surface area contributed by atoms with E-state index >= 15 is 0 Å². The molecule has 0 radical (unpaired) electrons. The van der Waals surface area contributed by atoms with Crippen LogP contribution in [0.1, 0.15) is 23.2 Å². The van der Waals surface area contributed by atoms with Crippen molar-refractivity contribution in [1.29, 1.82) is 0 Å². The van der Waals surface area contributed by atoms with Gasteiger partial charge in [-0.3, -0.25) is 4.79 Å². The Labute approximate surface area is 123 Å². The van der Waals surface area contributed by atoms with Crippen molar-refractivity contribution in [2.45, 2.75) is 12.8 Å². The van der Waals surface area contributed by atoms with E-state index in [-0.39, 0.29) is 11.7 Å². The summed E-state index contributed by atoms with van der Waals surface area (Å²) < 4.78 is 13.5. The summed E-state index contributed by atoms with van der Waals surface area (Å²) in [5.41, 5.74) is 0.544. The summed E-state index contributed by atoms with van der Waals surface area (Å²) in [6.07, 6.45) is 2.15. The molecule has 5 heteroatoms. The predicted octanol–water partition coefficient (Wildman–Crippen LogP) is 3.84. The molecule has 1 aliphatic heterocycles. The van der Waals surface area contributed by atoms with E-state index in [0.717, 1.165) is 31.3 Å². The molecular weight excluding hydrogens is 365 g/mol. The SMILES string of the molecule is O=C(c1ccc(F)c(Br)c1)N1CCC(CCBr)C1. The van der Waals surface area contributed by atoms with Gasteiger partial charge in [0.25, 0.3) is 5.91 Å². The Balaban J connectivity index is 2.05. The first kappa shape index (κ1) is 14.0. The Hall–Kier alpha value is -0.420. The molecule has 0 saturated carbocycles. The fraction of sp³-hybridized carbons (Fsp3) is 0.462. The van der Waals surface area contributed by atoms with Gasteiger partial charge >= 0.3 is 0 Å². The zero-order chi connectivity index (χ0) is 13.1. The fourth-order valence-corrected chi connectivity index (χ4v) is 3.25. The van der Waals surface area contributed by atoms with Crippen molar-refractivity contribution in [2.24, 2.45) is 5.92 Å². The number of hydrogen-bond acceptors (Lipinski definition) is 1. The molecule has 1 fully saturated rings. The van der Waals surface area contributed by atoms with Crippen LogP contribution in [-0.2, 0) is 0 Å². The van der Waals surface area contributed by atoms with Gasteiger partial charge in [0.2, 0.25) is 0 Å². The summed E-state index contributed by atoms with van der Waals surface area (Å²) in [6.45, 7) is 1.60. The standard InChI is InChI=1S/C13H14Br2FNO/c14-5-3-9-4-6-17(8-9)13(18)10-1-2-12(16)11(15)7-10/h1-2,7,9H,3-6,8H2. The van der Waals surface area contributed by atoms with E-state index in [1.807, 2.05) is 4.90 Å². The summed E-state index contributed by atoms with van der Waals surface area (Å²) in [7, 11) is 0. The van der Waals surface area contributed by atoms with E-state index in [2.05, 4.69) is 31.9 Å². The molecule has 1 unspecified atom stereocenters. The van der Waals surface area contributed by atoms with Crippen LogP contribution in [0.3, 0.4) is 0 Å². The number of nitrogens with zero attached hydrogens (tertiary/aromatic N) is 1. The molecule has 2 rings (SSSR count). The fourth-order valence-electron chi connectivity index (χ4n) is 2.22. The first-order valence-electron chi connectivity index (χ1n) is 5.92. The van der Waals surface area contributed by atoms with Crippen LogP contribution in [0.15, 0.2) is 22.7 Å². The highest BCUT2D eigenvalue weighted by Gasteiger charge is 2.26. The molecule has 1 aliphatic rings. The van der Waals surface area contributed by atoms with Gasteiger partial charge in [-0.2, -0.15) is 0 Å². The van der Waals surface area contributed by atoms with Crippen LogP contribution >= 0.6 is 31.9 Å². The third-order valence-electron chi connectivity index (χ3n) is 3.26. The van der Waals surface area contributed by atoms with Gasteiger partial charge in [0.05, 0.1) is 4.47 Å².